The highest BCUT2D eigenvalue weighted by molar-refractivity contribution is 6.42. The van der Waals surface area contributed by atoms with Gasteiger partial charge in [0, 0.05) is 6.42 Å². The summed E-state index contributed by atoms with van der Waals surface area (Å²) in [5, 5.41) is 2.15. The molecule has 1 amide bonds. The van der Waals surface area contributed by atoms with Crippen LogP contribution < -0.4 is 5.32 Å². The molecule has 6 nitrogen and oxygen atoms in total. The van der Waals surface area contributed by atoms with E-state index >= 15 is 0 Å². The van der Waals surface area contributed by atoms with Crippen molar-refractivity contribution in [3.8, 4) is 0 Å². The summed E-state index contributed by atoms with van der Waals surface area (Å²) >= 11 is 11.9. The third-order valence-corrected chi connectivity index (χ3v) is 6.35. The molecule has 0 bridgehead atoms. The lowest BCUT2D eigenvalue weighted by atomic mass is 10.0. The Labute approximate surface area is 180 Å². The van der Waals surface area contributed by atoms with Gasteiger partial charge < -0.3 is 10.2 Å². The topological polar surface area (TPSA) is 67.2 Å². The predicted molar refractivity (Wildman–Crippen MR) is 106 cm³/mol. The minimum Gasteiger partial charge on any atom is -0.319 e. The molecule has 2 aliphatic heterocycles. The smallest absolute Gasteiger partial charge is 0.319 e. The summed E-state index contributed by atoms with van der Waals surface area (Å²) in [7, 11) is 0. The van der Waals surface area contributed by atoms with Gasteiger partial charge >= 0.3 is 6.18 Å². The largest absolute Gasteiger partial charge is 0.438 e. The van der Waals surface area contributed by atoms with Gasteiger partial charge in [-0.3, -0.25) is 14.2 Å². The number of imidazole rings is 1. The van der Waals surface area contributed by atoms with E-state index in [0.29, 0.717) is 13.0 Å². The number of carbonyl (C=O) groups is 2. The van der Waals surface area contributed by atoms with Crippen LogP contribution in [0.4, 0.5) is 13.2 Å². The second-order valence-corrected chi connectivity index (χ2v) is 8.44. The van der Waals surface area contributed by atoms with Crippen molar-refractivity contribution in [2.75, 3.05) is 19.6 Å². The Kier molecular flexibility index (Phi) is 5.48. The minimum atomic E-state index is -5.07. The molecule has 1 N–H and O–H groups in total. The van der Waals surface area contributed by atoms with Crippen LogP contribution in [0, 0.1) is 0 Å². The molecule has 1 fully saturated rings. The molecule has 1 saturated heterocycles. The lowest BCUT2D eigenvalue weighted by Crippen LogP contribution is -2.62. The van der Waals surface area contributed by atoms with Crippen LogP contribution in [0.25, 0.3) is 11.0 Å². The minimum absolute atomic E-state index is 0.0139. The van der Waals surface area contributed by atoms with Gasteiger partial charge in [-0.2, -0.15) is 13.2 Å². The SMILES string of the molecule is O=C(CCCN1CCCC1)NC1(C(F)(F)F)C(=O)Cc2nc3cc(Cl)c(Cl)cc3n21. The van der Waals surface area contributed by atoms with Crippen LogP contribution >= 0.6 is 23.2 Å². The zero-order valence-electron chi connectivity index (χ0n) is 15.9. The molecule has 162 valence electrons. The highest BCUT2D eigenvalue weighted by Gasteiger charge is 2.66. The second-order valence-electron chi connectivity index (χ2n) is 7.63. The number of halogens is 5. The highest BCUT2D eigenvalue weighted by Crippen LogP contribution is 2.44. The van der Waals surface area contributed by atoms with Gasteiger partial charge in [-0.05, 0) is 51.0 Å². The summed E-state index contributed by atoms with van der Waals surface area (Å²) in [6, 6.07) is 2.57. The van der Waals surface area contributed by atoms with E-state index in [1.54, 1.807) is 0 Å². The Balaban J connectivity index is 1.66. The number of amides is 1. The zero-order valence-corrected chi connectivity index (χ0v) is 17.4. The summed E-state index contributed by atoms with van der Waals surface area (Å²) in [5.74, 6) is -2.11. The number of aromatic nitrogens is 2. The van der Waals surface area contributed by atoms with Crippen molar-refractivity contribution in [1.82, 2.24) is 19.8 Å². The summed E-state index contributed by atoms with van der Waals surface area (Å²) in [6.07, 6.45) is -3.16. The third kappa shape index (κ3) is 3.46. The van der Waals surface area contributed by atoms with E-state index in [0.717, 1.165) is 30.5 Å². The van der Waals surface area contributed by atoms with Crippen molar-refractivity contribution in [3.05, 3.63) is 28.0 Å². The average molecular weight is 463 g/mol. The molecule has 1 aromatic heterocycles. The first-order valence-corrected chi connectivity index (χ1v) is 10.4. The van der Waals surface area contributed by atoms with Crippen LogP contribution in [0.15, 0.2) is 12.1 Å². The van der Waals surface area contributed by atoms with Crippen molar-refractivity contribution in [2.24, 2.45) is 0 Å². The van der Waals surface area contributed by atoms with Crippen LogP contribution in [0.2, 0.25) is 10.0 Å². The van der Waals surface area contributed by atoms with Crippen molar-refractivity contribution in [2.45, 2.75) is 43.9 Å². The van der Waals surface area contributed by atoms with E-state index in [1.165, 1.54) is 12.1 Å². The van der Waals surface area contributed by atoms with Crippen LogP contribution in [0.3, 0.4) is 0 Å². The highest BCUT2D eigenvalue weighted by atomic mass is 35.5. The molecule has 1 atom stereocenters. The Bertz CT molecular complexity index is 1020. The Morgan fingerprint density at radius 3 is 2.53 bits per heavy atom. The number of carbonyl (C=O) groups excluding carboxylic acids is 2. The van der Waals surface area contributed by atoms with Crippen LogP contribution in [-0.4, -0.2) is 52.0 Å². The van der Waals surface area contributed by atoms with Crippen LogP contribution in [-0.2, 0) is 21.7 Å². The molecule has 1 unspecified atom stereocenters. The molecular weight excluding hydrogens is 444 g/mol. The lowest BCUT2D eigenvalue weighted by molar-refractivity contribution is -0.218. The van der Waals surface area contributed by atoms with E-state index in [1.807, 2.05) is 5.32 Å². The fourth-order valence-corrected chi connectivity index (χ4v) is 4.54. The fourth-order valence-electron chi connectivity index (χ4n) is 4.23. The number of ketones is 1. The molecule has 0 saturated carbocycles. The first-order chi connectivity index (χ1) is 14.1. The van der Waals surface area contributed by atoms with Crippen molar-refractivity contribution < 1.29 is 22.8 Å². The van der Waals surface area contributed by atoms with E-state index < -0.39 is 30.0 Å². The number of fused-ring (bicyclic) bond motifs is 3. The fraction of sp³-hybridized carbons (Fsp3) is 0.526. The van der Waals surface area contributed by atoms with Crippen molar-refractivity contribution in [1.29, 1.82) is 0 Å². The normalized spacial score (nSPS) is 22.1. The Hall–Kier alpha value is -1.84. The number of hydrogen-bond donors (Lipinski definition) is 1. The van der Waals surface area contributed by atoms with Gasteiger partial charge in [0.2, 0.25) is 5.91 Å². The maximum atomic E-state index is 14.3. The monoisotopic (exact) mass is 462 g/mol. The molecule has 3 heterocycles. The molecule has 30 heavy (non-hydrogen) atoms. The van der Waals surface area contributed by atoms with E-state index in [9.17, 15) is 22.8 Å². The molecule has 0 spiro atoms. The third-order valence-electron chi connectivity index (χ3n) is 5.63. The van der Waals surface area contributed by atoms with Crippen molar-refractivity contribution >= 4 is 45.9 Å². The first-order valence-electron chi connectivity index (χ1n) is 9.64. The number of Topliss-reactive ketones (excluding diaryl/α,β-unsaturated/α-hetero) is 1. The van der Waals surface area contributed by atoms with Gasteiger partial charge in [-0.1, -0.05) is 23.2 Å². The lowest BCUT2D eigenvalue weighted by Gasteiger charge is -2.33. The summed E-state index contributed by atoms with van der Waals surface area (Å²) in [6.45, 7) is 2.49. The maximum absolute atomic E-state index is 14.3. The number of likely N-dealkylation sites (tertiary alicyclic amines) is 1. The molecule has 4 rings (SSSR count). The van der Waals surface area contributed by atoms with E-state index in [4.69, 9.17) is 23.2 Å². The predicted octanol–water partition coefficient (Wildman–Crippen LogP) is 3.68. The van der Waals surface area contributed by atoms with Crippen LogP contribution in [0.5, 0.6) is 0 Å². The molecule has 0 radical (unpaired) electrons. The molecular formula is C19H19Cl2F3N4O2. The first kappa shape index (κ1) is 21.4. The van der Waals surface area contributed by atoms with E-state index in [-0.39, 0.29) is 33.3 Å². The van der Waals surface area contributed by atoms with Crippen molar-refractivity contribution in [3.63, 3.8) is 0 Å². The zero-order chi connectivity index (χ0) is 21.7. The van der Waals surface area contributed by atoms with Gasteiger partial charge in [0.05, 0.1) is 27.5 Å². The number of benzene rings is 1. The van der Waals surface area contributed by atoms with Gasteiger partial charge in [0.1, 0.15) is 5.82 Å². The Morgan fingerprint density at radius 2 is 1.87 bits per heavy atom. The summed E-state index contributed by atoms with van der Waals surface area (Å²) in [4.78, 5) is 31.4. The second kappa shape index (κ2) is 7.69. The molecule has 2 aliphatic rings. The summed E-state index contributed by atoms with van der Waals surface area (Å²) < 4.78 is 43.7. The molecule has 2 aromatic rings. The quantitative estimate of drug-likeness (QED) is 0.735. The maximum Gasteiger partial charge on any atom is 0.438 e. The van der Waals surface area contributed by atoms with Gasteiger partial charge in [0.25, 0.3) is 5.66 Å². The molecule has 0 aliphatic carbocycles. The number of nitrogens with one attached hydrogen (secondary N) is 1. The van der Waals surface area contributed by atoms with Gasteiger partial charge in [-0.15, -0.1) is 0 Å². The number of hydrogen-bond acceptors (Lipinski definition) is 4. The average Bonchev–Trinajstić information content (AvgIpc) is 3.33. The number of rotatable bonds is 5. The number of nitrogens with zero attached hydrogens (tertiary/aromatic N) is 3. The van der Waals surface area contributed by atoms with Gasteiger partial charge in [0.15, 0.2) is 5.78 Å². The standard InChI is InChI=1S/C19H19Cl2F3N4O2/c20-11-8-13-14(9-12(11)21)28-16(25-13)10-15(29)18(28,19(22,23)24)26-17(30)4-3-7-27-5-1-2-6-27/h8-9H,1-7,10H2,(H,26,30). The van der Waals surface area contributed by atoms with E-state index in [2.05, 4.69) is 9.88 Å². The van der Waals surface area contributed by atoms with Gasteiger partial charge in [-0.25, -0.2) is 4.98 Å². The van der Waals surface area contributed by atoms with Crippen LogP contribution in [0.1, 0.15) is 31.5 Å². The molecule has 11 heteroatoms. The molecule has 1 aromatic carbocycles. The number of alkyl halides is 3. The Morgan fingerprint density at radius 1 is 1.20 bits per heavy atom. The summed E-state index contributed by atoms with van der Waals surface area (Å²) in [5.41, 5.74) is -3.05.